The van der Waals surface area contributed by atoms with Crippen molar-refractivity contribution in [1.82, 2.24) is 0 Å². The molecular formula is C34H42ClF5O3. The van der Waals surface area contributed by atoms with Crippen molar-refractivity contribution in [3.63, 3.8) is 0 Å². The van der Waals surface area contributed by atoms with Gasteiger partial charge in [-0.15, -0.1) is 0 Å². The van der Waals surface area contributed by atoms with Crippen molar-refractivity contribution in [3.05, 3.63) is 63.9 Å². The van der Waals surface area contributed by atoms with Crippen LogP contribution in [0.2, 0.25) is 5.02 Å². The third-order valence-electron chi connectivity index (χ3n) is 9.85. The fourth-order valence-corrected chi connectivity index (χ4v) is 7.32. The third-order valence-corrected chi connectivity index (χ3v) is 10.2. The van der Waals surface area contributed by atoms with E-state index in [-0.39, 0.29) is 18.8 Å². The maximum Gasteiger partial charge on any atom is 0.400 e. The van der Waals surface area contributed by atoms with Crippen LogP contribution < -0.4 is 4.74 Å². The van der Waals surface area contributed by atoms with Crippen LogP contribution in [-0.4, -0.2) is 19.3 Å². The molecule has 1 saturated heterocycles. The Labute approximate surface area is 256 Å². The van der Waals surface area contributed by atoms with Crippen molar-refractivity contribution in [3.8, 4) is 5.75 Å². The van der Waals surface area contributed by atoms with Crippen molar-refractivity contribution < 1.29 is 36.2 Å². The second-order valence-corrected chi connectivity index (χ2v) is 13.1. The molecule has 2 saturated carbocycles. The van der Waals surface area contributed by atoms with Crippen LogP contribution in [-0.2, 0) is 9.47 Å². The maximum atomic E-state index is 15.3. The number of alkyl halides is 2. The molecule has 238 valence electrons. The minimum Gasteiger partial charge on any atom is -0.432 e. The highest BCUT2D eigenvalue weighted by Gasteiger charge is 2.44. The molecule has 9 heteroatoms. The van der Waals surface area contributed by atoms with Gasteiger partial charge in [0.25, 0.3) is 0 Å². The van der Waals surface area contributed by atoms with Gasteiger partial charge < -0.3 is 14.2 Å². The molecule has 0 atom stereocenters. The van der Waals surface area contributed by atoms with Crippen LogP contribution >= 0.6 is 11.6 Å². The number of benzene rings is 2. The Bertz CT molecular complexity index is 1180. The molecule has 0 spiro atoms. The van der Waals surface area contributed by atoms with Crippen molar-refractivity contribution in [2.45, 2.75) is 102 Å². The lowest BCUT2D eigenvalue weighted by Gasteiger charge is -2.38. The van der Waals surface area contributed by atoms with Crippen molar-refractivity contribution in [1.29, 1.82) is 0 Å². The average Bonchev–Trinajstić information content (AvgIpc) is 3.00. The van der Waals surface area contributed by atoms with E-state index in [4.69, 9.17) is 25.8 Å². The molecule has 2 aromatic rings. The summed E-state index contributed by atoms with van der Waals surface area (Å²) < 4.78 is 89.1. The molecular weight excluding hydrogens is 587 g/mol. The van der Waals surface area contributed by atoms with Crippen LogP contribution in [0.15, 0.2) is 30.3 Å². The third kappa shape index (κ3) is 8.04. The van der Waals surface area contributed by atoms with E-state index in [2.05, 4.69) is 6.92 Å². The van der Waals surface area contributed by atoms with E-state index in [1.165, 1.54) is 57.4 Å². The molecule has 2 aromatic carbocycles. The first kappa shape index (κ1) is 32.5. The normalized spacial score (nSPS) is 28.5. The molecule has 0 amide bonds. The Hall–Kier alpha value is -1.90. The zero-order chi connectivity index (χ0) is 30.6. The second-order valence-electron chi connectivity index (χ2n) is 12.7. The van der Waals surface area contributed by atoms with Crippen molar-refractivity contribution in [2.75, 3.05) is 13.2 Å². The van der Waals surface area contributed by atoms with Gasteiger partial charge in [0.15, 0.2) is 6.29 Å². The first-order valence-electron chi connectivity index (χ1n) is 15.9. The van der Waals surface area contributed by atoms with Gasteiger partial charge >= 0.3 is 6.11 Å². The number of ether oxygens (including phenoxy) is 3. The van der Waals surface area contributed by atoms with Crippen molar-refractivity contribution >= 4 is 11.6 Å². The largest absolute Gasteiger partial charge is 0.432 e. The predicted octanol–water partition coefficient (Wildman–Crippen LogP) is 10.8. The lowest BCUT2D eigenvalue weighted by molar-refractivity contribution is -0.222. The molecule has 43 heavy (non-hydrogen) atoms. The molecule has 1 aliphatic heterocycles. The highest BCUT2D eigenvalue weighted by molar-refractivity contribution is 6.30. The maximum absolute atomic E-state index is 15.3. The Morgan fingerprint density at radius 1 is 0.814 bits per heavy atom. The quantitative estimate of drug-likeness (QED) is 0.149. The summed E-state index contributed by atoms with van der Waals surface area (Å²) in [5.41, 5.74) is 1.10. The second kappa shape index (κ2) is 14.5. The van der Waals surface area contributed by atoms with Gasteiger partial charge in [0.1, 0.15) is 28.2 Å². The van der Waals surface area contributed by atoms with Gasteiger partial charge in [0, 0.05) is 23.6 Å². The highest BCUT2D eigenvalue weighted by atomic mass is 35.5. The number of hydrogen-bond donors (Lipinski definition) is 0. The van der Waals surface area contributed by atoms with Gasteiger partial charge in [-0.3, -0.25) is 0 Å². The van der Waals surface area contributed by atoms with Gasteiger partial charge in [0.05, 0.1) is 19.1 Å². The van der Waals surface area contributed by atoms with E-state index in [0.29, 0.717) is 61.2 Å². The van der Waals surface area contributed by atoms with Gasteiger partial charge in [-0.2, -0.15) is 8.78 Å². The molecule has 0 bridgehead atoms. The van der Waals surface area contributed by atoms with Gasteiger partial charge in [0.2, 0.25) is 0 Å². The summed E-state index contributed by atoms with van der Waals surface area (Å²) in [7, 11) is 0. The van der Waals surface area contributed by atoms with Gasteiger partial charge in [-0.05, 0) is 67.9 Å². The van der Waals surface area contributed by atoms with E-state index in [0.717, 1.165) is 5.92 Å². The monoisotopic (exact) mass is 628 g/mol. The Morgan fingerprint density at radius 3 is 2.07 bits per heavy atom. The molecule has 0 N–H and O–H groups in total. The molecule has 1 heterocycles. The highest BCUT2D eigenvalue weighted by Crippen LogP contribution is 2.45. The van der Waals surface area contributed by atoms with E-state index >= 15 is 4.39 Å². The minimum absolute atomic E-state index is 0.0777. The van der Waals surface area contributed by atoms with Gasteiger partial charge in [-0.25, -0.2) is 13.2 Å². The summed E-state index contributed by atoms with van der Waals surface area (Å²) in [4.78, 5) is 0. The lowest BCUT2D eigenvalue weighted by atomic mass is 9.74. The SMILES string of the molecule is CCCCCC1CCC(C2COC(c3ccc(C4CCC(C(F)(F)Oc5cc(F)c(Cl)c(F)c5)CC4)c(F)c3)OC2)CC1. The summed E-state index contributed by atoms with van der Waals surface area (Å²) >= 11 is 5.43. The van der Waals surface area contributed by atoms with Crippen molar-refractivity contribution in [2.24, 2.45) is 23.7 Å². The zero-order valence-electron chi connectivity index (χ0n) is 24.7. The Balaban J connectivity index is 1.09. The Morgan fingerprint density at radius 2 is 1.47 bits per heavy atom. The molecule has 5 rings (SSSR count). The van der Waals surface area contributed by atoms with Crippen LogP contribution in [0.4, 0.5) is 22.0 Å². The number of unbranched alkanes of at least 4 members (excludes halogenated alkanes) is 2. The molecule has 2 aliphatic carbocycles. The summed E-state index contributed by atoms with van der Waals surface area (Å²) in [6.45, 7) is 3.46. The molecule has 0 unspecified atom stereocenters. The summed E-state index contributed by atoms with van der Waals surface area (Å²) in [5.74, 6) is -2.92. The first-order chi connectivity index (χ1) is 20.6. The summed E-state index contributed by atoms with van der Waals surface area (Å²) in [6, 6.07) is 6.24. The molecule has 0 aromatic heterocycles. The fourth-order valence-electron chi connectivity index (χ4n) is 7.21. The van der Waals surface area contributed by atoms with E-state index in [1.807, 2.05) is 0 Å². The smallest absolute Gasteiger partial charge is 0.400 e. The number of halogens is 6. The standard InChI is InChI=1S/C34H42ClF5O3/c1-2-3-4-5-21-6-8-22(9-7-21)25-19-41-33(42-20-25)24-12-15-28(29(36)16-24)23-10-13-26(14-11-23)34(39,40)43-27-17-30(37)32(35)31(38)18-27/h12,15-18,21-23,25-26,33H,2-11,13-14,19-20H2,1H3. The molecule has 3 fully saturated rings. The molecule has 3 nitrogen and oxygen atoms in total. The van der Waals surface area contributed by atoms with E-state index < -0.39 is 46.5 Å². The minimum atomic E-state index is -3.64. The molecule has 3 aliphatic rings. The van der Waals surface area contributed by atoms with E-state index in [9.17, 15) is 17.6 Å². The van der Waals surface area contributed by atoms with Crippen LogP contribution in [0.1, 0.15) is 107 Å². The first-order valence-corrected chi connectivity index (χ1v) is 16.3. The number of rotatable bonds is 10. The van der Waals surface area contributed by atoms with Crippen LogP contribution in [0.3, 0.4) is 0 Å². The fraction of sp³-hybridized carbons (Fsp3) is 0.647. The summed E-state index contributed by atoms with van der Waals surface area (Å²) in [5, 5.41) is -0.777. The van der Waals surface area contributed by atoms with E-state index in [1.54, 1.807) is 12.1 Å². The van der Waals surface area contributed by atoms with Crippen LogP contribution in [0.25, 0.3) is 0 Å². The van der Waals surface area contributed by atoms with Gasteiger partial charge in [-0.1, -0.05) is 69.2 Å². The zero-order valence-corrected chi connectivity index (χ0v) is 25.5. The topological polar surface area (TPSA) is 27.7 Å². The predicted molar refractivity (Wildman–Crippen MR) is 156 cm³/mol. The summed E-state index contributed by atoms with van der Waals surface area (Å²) in [6.07, 6.45) is 6.87. The molecule has 0 radical (unpaired) electrons. The number of hydrogen-bond acceptors (Lipinski definition) is 3. The van der Waals surface area contributed by atoms with Crippen LogP contribution in [0, 0.1) is 41.1 Å². The van der Waals surface area contributed by atoms with Crippen LogP contribution in [0.5, 0.6) is 5.75 Å². The Kier molecular flexibility index (Phi) is 10.9. The average molecular weight is 629 g/mol. The lowest BCUT2D eigenvalue weighted by Crippen LogP contribution is -2.37.